The first-order valence-corrected chi connectivity index (χ1v) is 9.12. The van der Waals surface area contributed by atoms with Gasteiger partial charge in [-0.05, 0) is 29.8 Å². The lowest BCUT2D eigenvalue weighted by molar-refractivity contribution is -0.125. The Hall–Kier alpha value is -3.99. The minimum atomic E-state index is -0.582. The third-order valence-electron chi connectivity index (χ3n) is 4.85. The molecule has 29 heavy (non-hydrogen) atoms. The van der Waals surface area contributed by atoms with E-state index in [-0.39, 0.29) is 18.4 Å². The zero-order chi connectivity index (χ0) is 20.2. The van der Waals surface area contributed by atoms with Crippen molar-refractivity contribution in [3.8, 4) is 6.07 Å². The number of hydrogen-bond donors (Lipinski definition) is 1. The molecule has 0 spiro atoms. The number of amides is 2. The zero-order valence-corrected chi connectivity index (χ0v) is 15.5. The summed E-state index contributed by atoms with van der Waals surface area (Å²) in [5.41, 5.74) is 2.52. The minimum absolute atomic E-state index is 0.198. The van der Waals surface area contributed by atoms with Gasteiger partial charge in [-0.15, -0.1) is 0 Å². The molecule has 3 aromatic rings. The summed E-state index contributed by atoms with van der Waals surface area (Å²) in [7, 11) is 0. The van der Waals surface area contributed by atoms with E-state index in [4.69, 9.17) is 5.26 Å². The van der Waals surface area contributed by atoms with Crippen LogP contribution in [-0.2, 0) is 17.9 Å². The Morgan fingerprint density at radius 2 is 2.10 bits per heavy atom. The average molecular weight is 386 g/mol. The summed E-state index contributed by atoms with van der Waals surface area (Å²) in [6.45, 7) is 0.922. The molecule has 0 saturated heterocycles. The van der Waals surface area contributed by atoms with Crippen molar-refractivity contribution >= 4 is 11.8 Å². The Labute approximate surface area is 167 Å². The molecular formula is C21H18N6O2. The number of hydrogen-bond acceptors (Lipinski definition) is 5. The predicted octanol–water partition coefficient (Wildman–Crippen LogP) is 1.66. The van der Waals surface area contributed by atoms with Gasteiger partial charge in [0.1, 0.15) is 6.04 Å². The van der Waals surface area contributed by atoms with Gasteiger partial charge in [-0.3, -0.25) is 14.6 Å². The highest BCUT2D eigenvalue weighted by Crippen LogP contribution is 2.23. The molecule has 0 aliphatic carbocycles. The predicted molar refractivity (Wildman–Crippen MR) is 103 cm³/mol. The van der Waals surface area contributed by atoms with Gasteiger partial charge in [0.15, 0.2) is 0 Å². The maximum atomic E-state index is 13.0. The van der Waals surface area contributed by atoms with Crippen molar-refractivity contribution in [1.29, 1.82) is 5.26 Å². The Bertz CT molecular complexity index is 1090. The van der Waals surface area contributed by atoms with Gasteiger partial charge in [-0.2, -0.15) is 5.26 Å². The number of imidazole rings is 1. The minimum Gasteiger partial charge on any atom is -0.350 e. The lowest BCUT2D eigenvalue weighted by Crippen LogP contribution is -2.46. The molecule has 0 radical (unpaired) electrons. The monoisotopic (exact) mass is 386 g/mol. The van der Waals surface area contributed by atoms with E-state index in [2.05, 4.69) is 15.3 Å². The molecule has 0 saturated carbocycles. The fraction of sp³-hybridized carbons (Fsp3) is 0.190. The van der Waals surface area contributed by atoms with Crippen LogP contribution in [0.4, 0.5) is 0 Å². The summed E-state index contributed by atoms with van der Waals surface area (Å²) in [4.78, 5) is 35.7. The number of aromatic nitrogens is 3. The molecule has 1 aliphatic heterocycles. The van der Waals surface area contributed by atoms with Crippen LogP contribution in [0.3, 0.4) is 0 Å². The number of rotatable bonds is 4. The van der Waals surface area contributed by atoms with E-state index >= 15 is 0 Å². The highest BCUT2D eigenvalue weighted by Gasteiger charge is 2.32. The van der Waals surface area contributed by atoms with Crippen LogP contribution in [0, 0.1) is 11.3 Å². The molecule has 1 N–H and O–H groups in total. The van der Waals surface area contributed by atoms with E-state index in [1.807, 2.05) is 18.2 Å². The largest absolute Gasteiger partial charge is 0.350 e. The number of fused-ring (bicyclic) bond motifs is 1. The number of carbonyl (C=O) groups is 2. The Kier molecular flexibility index (Phi) is 5.03. The summed E-state index contributed by atoms with van der Waals surface area (Å²) in [5, 5.41) is 12.0. The van der Waals surface area contributed by atoms with E-state index in [9.17, 15) is 9.59 Å². The third-order valence-corrected chi connectivity index (χ3v) is 4.85. The molecule has 0 bridgehead atoms. The summed E-state index contributed by atoms with van der Waals surface area (Å²) in [5.74, 6) is -0.420. The van der Waals surface area contributed by atoms with Crippen LogP contribution < -0.4 is 5.32 Å². The van der Waals surface area contributed by atoms with Crippen molar-refractivity contribution in [2.75, 3.05) is 6.54 Å². The molecule has 4 rings (SSSR count). The standard InChI is InChI=1S/C21H18N6O2/c22-8-15-3-1-5-17(7-15)21(29)26-12-18-11-24-14-27(18)19(13-26)20(28)25-10-16-4-2-6-23-9-16/h1-7,9,11,14,19H,10,12-13H2,(H,25,28). The van der Waals surface area contributed by atoms with Gasteiger partial charge in [-0.1, -0.05) is 12.1 Å². The van der Waals surface area contributed by atoms with Gasteiger partial charge in [0.25, 0.3) is 5.91 Å². The van der Waals surface area contributed by atoms with E-state index in [1.165, 1.54) is 0 Å². The average Bonchev–Trinajstić information content (AvgIpc) is 3.25. The second-order valence-electron chi connectivity index (χ2n) is 6.77. The topological polar surface area (TPSA) is 104 Å². The third kappa shape index (κ3) is 3.84. The quantitative estimate of drug-likeness (QED) is 0.734. The van der Waals surface area contributed by atoms with Gasteiger partial charge in [0.05, 0.1) is 36.7 Å². The molecule has 2 amide bonds. The molecule has 1 atom stereocenters. The molecule has 8 nitrogen and oxygen atoms in total. The number of carbonyl (C=O) groups excluding carboxylic acids is 2. The van der Waals surface area contributed by atoms with Crippen molar-refractivity contribution in [2.24, 2.45) is 0 Å². The van der Waals surface area contributed by atoms with Crippen molar-refractivity contribution in [3.05, 3.63) is 83.7 Å². The summed E-state index contributed by atoms with van der Waals surface area (Å²) < 4.78 is 1.80. The first-order valence-electron chi connectivity index (χ1n) is 9.12. The number of nitriles is 1. The van der Waals surface area contributed by atoms with Gasteiger partial charge in [0.2, 0.25) is 5.91 Å². The number of nitrogens with zero attached hydrogens (tertiary/aromatic N) is 5. The molecule has 1 aliphatic rings. The molecule has 8 heteroatoms. The SMILES string of the molecule is N#Cc1cccc(C(=O)N2Cc3cncn3C(C(=O)NCc3cccnc3)C2)c1. The lowest BCUT2D eigenvalue weighted by atomic mass is 10.1. The molecule has 0 fully saturated rings. The lowest BCUT2D eigenvalue weighted by Gasteiger charge is -2.33. The highest BCUT2D eigenvalue weighted by atomic mass is 16.2. The molecule has 144 valence electrons. The molecule has 2 aromatic heterocycles. The van der Waals surface area contributed by atoms with Gasteiger partial charge in [0, 0.05) is 30.7 Å². The first-order chi connectivity index (χ1) is 14.2. The highest BCUT2D eigenvalue weighted by molar-refractivity contribution is 5.95. The smallest absolute Gasteiger partial charge is 0.254 e. The fourth-order valence-corrected chi connectivity index (χ4v) is 3.37. The van der Waals surface area contributed by atoms with Crippen molar-refractivity contribution in [2.45, 2.75) is 19.1 Å². The van der Waals surface area contributed by atoms with Crippen LogP contribution in [-0.4, -0.2) is 37.8 Å². The van der Waals surface area contributed by atoms with Crippen LogP contribution in [0.1, 0.15) is 33.2 Å². The number of pyridine rings is 1. The Balaban J connectivity index is 1.53. The second kappa shape index (κ2) is 7.94. The van der Waals surface area contributed by atoms with Crippen LogP contribution in [0.15, 0.2) is 61.3 Å². The maximum Gasteiger partial charge on any atom is 0.254 e. The van der Waals surface area contributed by atoms with Crippen molar-refractivity contribution in [1.82, 2.24) is 24.8 Å². The number of nitrogens with one attached hydrogen (secondary N) is 1. The molecule has 3 heterocycles. The van der Waals surface area contributed by atoms with Crippen LogP contribution >= 0.6 is 0 Å². The Morgan fingerprint density at radius 1 is 1.21 bits per heavy atom. The Morgan fingerprint density at radius 3 is 2.90 bits per heavy atom. The van der Waals surface area contributed by atoms with Crippen LogP contribution in [0.2, 0.25) is 0 Å². The maximum absolute atomic E-state index is 13.0. The summed E-state index contributed by atoms with van der Waals surface area (Å²) in [6.07, 6.45) is 6.64. The zero-order valence-electron chi connectivity index (χ0n) is 15.5. The second-order valence-corrected chi connectivity index (χ2v) is 6.77. The van der Waals surface area contributed by atoms with E-state index in [0.29, 0.717) is 24.2 Å². The molecule has 1 aromatic carbocycles. The molecular weight excluding hydrogens is 368 g/mol. The van der Waals surface area contributed by atoms with Gasteiger partial charge in [-0.25, -0.2) is 4.98 Å². The van der Waals surface area contributed by atoms with Crippen molar-refractivity contribution < 1.29 is 9.59 Å². The molecule has 1 unspecified atom stereocenters. The van der Waals surface area contributed by atoms with Crippen LogP contribution in [0.5, 0.6) is 0 Å². The van der Waals surface area contributed by atoms with Crippen molar-refractivity contribution in [3.63, 3.8) is 0 Å². The van der Waals surface area contributed by atoms with E-state index in [1.54, 1.807) is 58.7 Å². The normalized spacial score (nSPS) is 15.3. The first kappa shape index (κ1) is 18.4. The van der Waals surface area contributed by atoms with Crippen LogP contribution in [0.25, 0.3) is 0 Å². The van der Waals surface area contributed by atoms with Gasteiger partial charge < -0.3 is 14.8 Å². The number of benzene rings is 1. The summed E-state index contributed by atoms with van der Waals surface area (Å²) in [6, 6.07) is 11.7. The van der Waals surface area contributed by atoms with E-state index < -0.39 is 6.04 Å². The summed E-state index contributed by atoms with van der Waals surface area (Å²) >= 11 is 0. The fourth-order valence-electron chi connectivity index (χ4n) is 3.37. The van der Waals surface area contributed by atoms with E-state index in [0.717, 1.165) is 11.3 Å². The van der Waals surface area contributed by atoms with Gasteiger partial charge >= 0.3 is 0 Å².